The van der Waals surface area contributed by atoms with Gasteiger partial charge in [0.25, 0.3) is 5.89 Å². The van der Waals surface area contributed by atoms with Crippen molar-refractivity contribution in [3.63, 3.8) is 0 Å². The van der Waals surface area contributed by atoms with E-state index in [4.69, 9.17) is 10.3 Å². The van der Waals surface area contributed by atoms with E-state index in [0.717, 1.165) is 18.7 Å². The van der Waals surface area contributed by atoms with Gasteiger partial charge in [0, 0.05) is 12.5 Å². The van der Waals surface area contributed by atoms with Gasteiger partial charge in [0.1, 0.15) is 0 Å². The van der Waals surface area contributed by atoms with Crippen LogP contribution in [0.1, 0.15) is 24.6 Å². The van der Waals surface area contributed by atoms with Crippen LogP contribution in [0.15, 0.2) is 10.7 Å². The molecule has 1 fully saturated rings. The fraction of sp³-hybridized carbons (Fsp3) is 0.556. The molecule has 0 spiro atoms. The van der Waals surface area contributed by atoms with Gasteiger partial charge in [-0.15, -0.1) is 5.10 Å². The maximum Gasteiger partial charge on any atom is 0.280 e. The Morgan fingerprint density at radius 1 is 1.50 bits per heavy atom. The zero-order valence-corrected chi connectivity index (χ0v) is 8.70. The topological polar surface area (TPSA) is 95.7 Å². The Morgan fingerprint density at radius 3 is 3.12 bits per heavy atom. The fourth-order valence-corrected chi connectivity index (χ4v) is 1.48. The first-order chi connectivity index (χ1) is 7.86. The van der Waals surface area contributed by atoms with Crippen LogP contribution in [0.4, 0.5) is 0 Å². The van der Waals surface area contributed by atoms with Crippen LogP contribution in [-0.2, 0) is 6.54 Å². The fourth-order valence-electron chi connectivity index (χ4n) is 1.48. The van der Waals surface area contributed by atoms with Crippen molar-refractivity contribution in [1.82, 2.24) is 25.1 Å². The Morgan fingerprint density at radius 2 is 2.38 bits per heavy atom. The van der Waals surface area contributed by atoms with Gasteiger partial charge in [-0.1, -0.05) is 10.4 Å². The van der Waals surface area contributed by atoms with Gasteiger partial charge < -0.3 is 10.3 Å². The second-order valence-corrected chi connectivity index (χ2v) is 3.89. The molecule has 7 heteroatoms. The second kappa shape index (κ2) is 3.67. The Hall–Kier alpha value is -1.76. The molecule has 84 valence electrons. The summed E-state index contributed by atoms with van der Waals surface area (Å²) in [6, 6.07) is 0. The van der Waals surface area contributed by atoms with Crippen molar-refractivity contribution in [2.75, 3.05) is 6.54 Å². The summed E-state index contributed by atoms with van der Waals surface area (Å²) in [5.41, 5.74) is 6.03. The largest absolute Gasteiger partial charge is 0.332 e. The van der Waals surface area contributed by atoms with Crippen LogP contribution in [0.3, 0.4) is 0 Å². The van der Waals surface area contributed by atoms with Crippen LogP contribution < -0.4 is 5.73 Å². The molecule has 1 saturated carbocycles. The summed E-state index contributed by atoms with van der Waals surface area (Å²) < 4.78 is 6.80. The molecular weight excluding hydrogens is 208 g/mol. The normalized spacial score (nSPS) is 15.6. The molecule has 2 aromatic rings. The lowest BCUT2D eigenvalue weighted by molar-refractivity contribution is 0.421. The van der Waals surface area contributed by atoms with E-state index < -0.39 is 0 Å². The molecule has 0 aromatic carbocycles. The van der Waals surface area contributed by atoms with Gasteiger partial charge in [0.05, 0.1) is 12.7 Å². The predicted octanol–water partition coefficient (Wildman–Crippen LogP) is 0.164. The lowest BCUT2D eigenvalue weighted by Gasteiger charge is -1.91. The second-order valence-electron chi connectivity index (χ2n) is 3.89. The minimum absolute atomic E-state index is 0.435. The minimum atomic E-state index is 0.435. The molecule has 0 amide bonds. The van der Waals surface area contributed by atoms with Crippen molar-refractivity contribution in [3.05, 3.63) is 12.0 Å². The summed E-state index contributed by atoms with van der Waals surface area (Å²) in [5, 5.41) is 11.8. The molecule has 1 aliphatic rings. The molecule has 0 unspecified atom stereocenters. The maximum absolute atomic E-state index is 5.42. The van der Waals surface area contributed by atoms with Crippen LogP contribution in [0.5, 0.6) is 0 Å². The molecule has 0 radical (unpaired) electrons. The molecule has 0 aliphatic heterocycles. The molecular formula is C9H12N6O. The van der Waals surface area contributed by atoms with E-state index in [2.05, 4.69) is 20.5 Å². The number of hydrogen-bond donors (Lipinski definition) is 1. The van der Waals surface area contributed by atoms with E-state index in [9.17, 15) is 0 Å². The van der Waals surface area contributed by atoms with Gasteiger partial charge >= 0.3 is 0 Å². The standard InChI is InChI=1S/C9H12N6O/c10-3-4-15-5-7(12-14-15)9-11-8(13-16-9)6-1-2-6/h5-6H,1-4,10H2. The first-order valence-electron chi connectivity index (χ1n) is 5.31. The summed E-state index contributed by atoms with van der Waals surface area (Å²) in [6.07, 6.45) is 4.06. The average Bonchev–Trinajstić information content (AvgIpc) is 2.85. The van der Waals surface area contributed by atoms with Crippen molar-refractivity contribution in [2.24, 2.45) is 5.73 Å². The maximum atomic E-state index is 5.42. The molecule has 0 bridgehead atoms. The van der Waals surface area contributed by atoms with E-state index >= 15 is 0 Å². The lowest BCUT2D eigenvalue weighted by atomic mass is 10.4. The van der Waals surface area contributed by atoms with Crippen molar-refractivity contribution >= 4 is 0 Å². The molecule has 0 atom stereocenters. The SMILES string of the molecule is NCCn1cc(-c2nc(C3CC3)no2)nn1. The van der Waals surface area contributed by atoms with Crippen molar-refractivity contribution < 1.29 is 4.52 Å². The third kappa shape index (κ3) is 1.69. The highest BCUT2D eigenvalue weighted by atomic mass is 16.5. The monoisotopic (exact) mass is 220 g/mol. The van der Waals surface area contributed by atoms with E-state index in [1.165, 1.54) is 0 Å². The van der Waals surface area contributed by atoms with E-state index in [0.29, 0.717) is 30.6 Å². The van der Waals surface area contributed by atoms with Crippen molar-refractivity contribution in [1.29, 1.82) is 0 Å². The number of nitrogens with two attached hydrogens (primary N) is 1. The van der Waals surface area contributed by atoms with Crippen molar-refractivity contribution in [2.45, 2.75) is 25.3 Å². The van der Waals surface area contributed by atoms with Gasteiger partial charge in [-0.25, -0.2) is 0 Å². The summed E-state index contributed by atoms with van der Waals surface area (Å²) in [5.74, 6) is 1.70. The van der Waals surface area contributed by atoms with E-state index in [1.54, 1.807) is 10.9 Å². The van der Waals surface area contributed by atoms with Gasteiger partial charge in [-0.3, -0.25) is 4.68 Å². The number of hydrogen-bond acceptors (Lipinski definition) is 6. The minimum Gasteiger partial charge on any atom is -0.332 e. The van der Waals surface area contributed by atoms with Gasteiger partial charge in [-0.05, 0) is 12.8 Å². The Labute approximate surface area is 91.6 Å². The summed E-state index contributed by atoms with van der Waals surface area (Å²) in [7, 11) is 0. The first kappa shape index (κ1) is 9.46. The number of nitrogens with zero attached hydrogens (tertiary/aromatic N) is 5. The molecule has 0 saturated heterocycles. The molecule has 3 rings (SSSR count). The van der Waals surface area contributed by atoms with E-state index in [1.807, 2.05) is 0 Å². The molecule has 16 heavy (non-hydrogen) atoms. The molecule has 7 nitrogen and oxygen atoms in total. The summed E-state index contributed by atoms with van der Waals surface area (Å²) in [6.45, 7) is 1.16. The summed E-state index contributed by atoms with van der Waals surface area (Å²) >= 11 is 0. The van der Waals surface area contributed by atoms with Crippen LogP contribution in [0, 0.1) is 0 Å². The average molecular weight is 220 g/mol. The molecule has 2 heterocycles. The Kier molecular flexibility index (Phi) is 2.17. The van der Waals surface area contributed by atoms with Gasteiger partial charge in [0.15, 0.2) is 11.5 Å². The highest BCUT2D eigenvalue weighted by Gasteiger charge is 2.29. The smallest absolute Gasteiger partial charge is 0.280 e. The quantitative estimate of drug-likeness (QED) is 0.788. The molecule has 2 N–H and O–H groups in total. The van der Waals surface area contributed by atoms with Crippen LogP contribution >= 0.6 is 0 Å². The predicted molar refractivity (Wildman–Crippen MR) is 54.3 cm³/mol. The van der Waals surface area contributed by atoms with Crippen molar-refractivity contribution in [3.8, 4) is 11.6 Å². The van der Waals surface area contributed by atoms with Gasteiger partial charge in [-0.2, -0.15) is 4.98 Å². The third-order valence-electron chi connectivity index (χ3n) is 2.50. The molecule has 2 aromatic heterocycles. The lowest BCUT2D eigenvalue weighted by Crippen LogP contribution is -2.10. The summed E-state index contributed by atoms with van der Waals surface area (Å²) in [4.78, 5) is 4.29. The number of aromatic nitrogens is 5. The first-order valence-corrected chi connectivity index (χ1v) is 5.31. The third-order valence-corrected chi connectivity index (χ3v) is 2.50. The van der Waals surface area contributed by atoms with E-state index in [-0.39, 0.29) is 0 Å². The van der Waals surface area contributed by atoms with Crippen LogP contribution in [0.2, 0.25) is 0 Å². The van der Waals surface area contributed by atoms with Crippen LogP contribution in [-0.4, -0.2) is 31.7 Å². The zero-order valence-electron chi connectivity index (χ0n) is 8.70. The zero-order chi connectivity index (χ0) is 11.0. The Balaban J connectivity index is 1.83. The number of rotatable bonds is 4. The highest BCUT2D eigenvalue weighted by molar-refractivity contribution is 5.43. The van der Waals surface area contributed by atoms with Gasteiger partial charge in [0.2, 0.25) is 0 Å². The Bertz CT molecular complexity index is 486. The molecule has 1 aliphatic carbocycles. The van der Waals surface area contributed by atoms with Crippen LogP contribution in [0.25, 0.3) is 11.6 Å². The highest BCUT2D eigenvalue weighted by Crippen LogP contribution is 2.38.